The van der Waals surface area contributed by atoms with Gasteiger partial charge >= 0.3 is 0 Å². The first-order valence-electron chi connectivity index (χ1n) is 6.47. The van der Waals surface area contributed by atoms with E-state index < -0.39 is 0 Å². The summed E-state index contributed by atoms with van der Waals surface area (Å²) in [5, 5.41) is 4.67. The van der Waals surface area contributed by atoms with Crippen molar-refractivity contribution in [1.29, 1.82) is 0 Å². The van der Waals surface area contributed by atoms with Gasteiger partial charge in [-0.3, -0.25) is 0 Å². The summed E-state index contributed by atoms with van der Waals surface area (Å²) >= 11 is 1.84. The molecule has 1 aliphatic rings. The van der Waals surface area contributed by atoms with Crippen molar-refractivity contribution in [3.8, 4) is 0 Å². The second-order valence-electron chi connectivity index (χ2n) is 5.15. The predicted octanol–water partition coefficient (Wildman–Crippen LogP) is 2.19. The number of nitrogens with one attached hydrogen (secondary N) is 1. The maximum atomic E-state index is 4.49. The molecule has 1 aliphatic heterocycles. The van der Waals surface area contributed by atoms with Crippen molar-refractivity contribution < 1.29 is 0 Å². The molecule has 0 amide bonds. The minimum Gasteiger partial charge on any atom is -0.316 e. The van der Waals surface area contributed by atoms with Gasteiger partial charge in [0, 0.05) is 18.0 Å². The summed E-state index contributed by atoms with van der Waals surface area (Å²) < 4.78 is 0. The van der Waals surface area contributed by atoms with Crippen LogP contribution < -0.4 is 5.32 Å². The van der Waals surface area contributed by atoms with E-state index in [2.05, 4.69) is 36.1 Å². The second-order valence-corrected chi connectivity index (χ2v) is 6.44. The van der Waals surface area contributed by atoms with Crippen LogP contribution in [0.1, 0.15) is 28.4 Å². The second kappa shape index (κ2) is 5.94. The summed E-state index contributed by atoms with van der Waals surface area (Å²) in [6.45, 7) is 8.84. The molecular weight excluding hydrogens is 230 g/mol. The summed E-state index contributed by atoms with van der Waals surface area (Å²) in [6, 6.07) is 0. The molecule has 1 atom stereocenters. The van der Waals surface area contributed by atoms with Crippen LogP contribution in [0, 0.1) is 19.8 Å². The number of nitrogens with zero attached hydrogens (tertiary/aromatic N) is 2. The Morgan fingerprint density at radius 2 is 2.29 bits per heavy atom. The van der Waals surface area contributed by atoms with Crippen molar-refractivity contribution in [3.63, 3.8) is 0 Å². The monoisotopic (exact) mass is 253 g/mol. The van der Waals surface area contributed by atoms with Gasteiger partial charge in [-0.2, -0.15) is 0 Å². The molecule has 2 rings (SSSR count). The van der Waals surface area contributed by atoms with Crippen molar-refractivity contribution in [1.82, 2.24) is 15.2 Å². The zero-order chi connectivity index (χ0) is 12.3. The molecular formula is C13H23N3S. The molecule has 4 heteroatoms. The normalized spacial score (nSPS) is 21.1. The summed E-state index contributed by atoms with van der Waals surface area (Å²) in [5.74, 6) is 0.822. The van der Waals surface area contributed by atoms with Crippen LogP contribution in [0.5, 0.6) is 0 Å². The maximum absolute atomic E-state index is 4.49. The zero-order valence-electron chi connectivity index (χ0n) is 11.1. The van der Waals surface area contributed by atoms with E-state index in [4.69, 9.17) is 0 Å². The van der Waals surface area contributed by atoms with E-state index in [0.29, 0.717) is 0 Å². The van der Waals surface area contributed by atoms with Gasteiger partial charge in [0.15, 0.2) is 0 Å². The van der Waals surface area contributed by atoms with Crippen LogP contribution in [-0.4, -0.2) is 36.6 Å². The molecule has 3 nitrogen and oxygen atoms in total. The van der Waals surface area contributed by atoms with E-state index in [1.807, 2.05) is 11.3 Å². The van der Waals surface area contributed by atoms with Crippen LogP contribution >= 0.6 is 11.3 Å². The molecule has 1 unspecified atom stereocenters. The molecule has 0 spiro atoms. The standard InChI is InChI=1S/C13H23N3S/c1-10-13(17-11(2)15-10)9-16(3)8-12-5-4-6-14-7-12/h12,14H,4-9H2,1-3H3. The average Bonchev–Trinajstić information content (AvgIpc) is 2.58. The average molecular weight is 253 g/mol. The SMILES string of the molecule is Cc1nc(C)c(CN(C)CC2CCCNC2)s1. The summed E-state index contributed by atoms with van der Waals surface area (Å²) in [5.41, 5.74) is 1.21. The highest BCUT2D eigenvalue weighted by molar-refractivity contribution is 7.11. The molecule has 96 valence electrons. The van der Waals surface area contributed by atoms with Crippen LogP contribution in [0.25, 0.3) is 0 Å². The van der Waals surface area contributed by atoms with Gasteiger partial charge in [0.1, 0.15) is 0 Å². The number of rotatable bonds is 4. The van der Waals surface area contributed by atoms with Crippen LogP contribution in [0.4, 0.5) is 0 Å². The predicted molar refractivity (Wildman–Crippen MR) is 73.5 cm³/mol. The molecule has 0 saturated carbocycles. The van der Waals surface area contributed by atoms with E-state index in [9.17, 15) is 0 Å². The number of hydrogen-bond donors (Lipinski definition) is 1. The molecule has 1 aromatic heterocycles. The van der Waals surface area contributed by atoms with Crippen molar-refractivity contribution in [2.24, 2.45) is 5.92 Å². The highest BCUT2D eigenvalue weighted by Gasteiger charge is 2.16. The molecule has 1 fully saturated rings. The van der Waals surface area contributed by atoms with Gasteiger partial charge in [0.05, 0.1) is 10.7 Å². The van der Waals surface area contributed by atoms with Gasteiger partial charge in [-0.25, -0.2) is 4.98 Å². The minimum atomic E-state index is 0.822. The van der Waals surface area contributed by atoms with Gasteiger partial charge in [-0.1, -0.05) is 0 Å². The lowest BCUT2D eigenvalue weighted by Crippen LogP contribution is -2.36. The Labute approximate surface area is 108 Å². The first-order valence-corrected chi connectivity index (χ1v) is 7.29. The topological polar surface area (TPSA) is 28.2 Å². The summed E-state index contributed by atoms with van der Waals surface area (Å²) in [6.07, 6.45) is 2.70. The quantitative estimate of drug-likeness (QED) is 0.891. The summed E-state index contributed by atoms with van der Waals surface area (Å²) in [7, 11) is 2.23. The highest BCUT2D eigenvalue weighted by Crippen LogP contribution is 2.20. The van der Waals surface area contributed by atoms with Crippen molar-refractivity contribution in [2.75, 3.05) is 26.7 Å². The molecule has 17 heavy (non-hydrogen) atoms. The number of aromatic nitrogens is 1. The molecule has 1 saturated heterocycles. The van der Waals surface area contributed by atoms with E-state index in [1.165, 1.54) is 48.1 Å². The number of aryl methyl sites for hydroxylation is 2. The van der Waals surface area contributed by atoms with Crippen LogP contribution in [0.15, 0.2) is 0 Å². The van der Waals surface area contributed by atoms with Crippen LogP contribution in [0.2, 0.25) is 0 Å². The fourth-order valence-corrected chi connectivity index (χ4v) is 3.57. The van der Waals surface area contributed by atoms with Crippen LogP contribution in [0.3, 0.4) is 0 Å². The molecule has 0 bridgehead atoms. The Morgan fingerprint density at radius 3 is 2.88 bits per heavy atom. The van der Waals surface area contributed by atoms with Gasteiger partial charge in [0.2, 0.25) is 0 Å². The van der Waals surface area contributed by atoms with E-state index in [0.717, 1.165) is 12.5 Å². The zero-order valence-corrected chi connectivity index (χ0v) is 11.9. The Balaban J connectivity index is 1.83. The third-order valence-electron chi connectivity index (χ3n) is 3.38. The van der Waals surface area contributed by atoms with E-state index in [1.54, 1.807) is 0 Å². The van der Waals surface area contributed by atoms with Crippen molar-refractivity contribution in [3.05, 3.63) is 15.6 Å². The van der Waals surface area contributed by atoms with E-state index in [-0.39, 0.29) is 0 Å². The number of piperidine rings is 1. The Kier molecular flexibility index (Phi) is 4.54. The maximum Gasteiger partial charge on any atom is 0.0900 e. The minimum absolute atomic E-state index is 0.822. The Morgan fingerprint density at radius 1 is 1.47 bits per heavy atom. The molecule has 2 heterocycles. The lowest BCUT2D eigenvalue weighted by Gasteiger charge is -2.27. The largest absolute Gasteiger partial charge is 0.316 e. The Hall–Kier alpha value is -0.450. The number of thiazole rings is 1. The first-order chi connectivity index (χ1) is 8.15. The smallest absolute Gasteiger partial charge is 0.0900 e. The lowest BCUT2D eigenvalue weighted by atomic mass is 9.99. The van der Waals surface area contributed by atoms with Gasteiger partial charge in [-0.05, 0) is 52.7 Å². The highest BCUT2D eigenvalue weighted by atomic mass is 32.1. The van der Waals surface area contributed by atoms with E-state index >= 15 is 0 Å². The Bertz CT molecular complexity index is 356. The molecule has 1 aromatic rings. The van der Waals surface area contributed by atoms with Crippen LogP contribution in [-0.2, 0) is 6.54 Å². The third-order valence-corrected chi connectivity index (χ3v) is 4.44. The van der Waals surface area contributed by atoms with Gasteiger partial charge in [-0.15, -0.1) is 11.3 Å². The van der Waals surface area contributed by atoms with Crippen molar-refractivity contribution >= 4 is 11.3 Å². The van der Waals surface area contributed by atoms with Gasteiger partial charge in [0.25, 0.3) is 0 Å². The number of hydrogen-bond acceptors (Lipinski definition) is 4. The third kappa shape index (κ3) is 3.76. The molecule has 0 radical (unpaired) electrons. The molecule has 0 aliphatic carbocycles. The van der Waals surface area contributed by atoms with Crippen molar-refractivity contribution in [2.45, 2.75) is 33.2 Å². The molecule has 1 N–H and O–H groups in total. The van der Waals surface area contributed by atoms with Gasteiger partial charge < -0.3 is 10.2 Å². The lowest BCUT2D eigenvalue weighted by molar-refractivity contribution is 0.238. The summed E-state index contributed by atoms with van der Waals surface area (Å²) in [4.78, 5) is 8.36. The first kappa shape index (κ1) is 13.0. The molecule has 0 aromatic carbocycles. The fraction of sp³-hybridized carbons (Fsp3) is 0.769. The fourth-order valence-electron chi connectivity index (χ4n) is 2.55.